The zero-order valence-electron chi connectivity index (χ0n) is 15.0. The van der Waals surface area contributed by atoms with E-state index in [-0.39, 0.29) is 18.1 Å². The second-order valence-corrected chi connectivity index (χ2v) is 6.95. The normalized spacial score (nSPS) is 21.2. The third-order valence-corrected chi connectivity index (χ3v) is 4.76. The highest BCUT2D eigenvalue weighted by Gasteiger charge is 2.61. The van der Waals surface area contributed by atoms with E-state index in [0.717, 1.165) is 6.07 Å². The zero-order chi connectivity index (χ0) is 19.6. The third-order valence-electron chi connectivity index (χ3n) is 4.76. The van der Waals surface area contributed by atoms with Crippen molar-refractivity contribution in [2.24, 2.45) is 17.3 Å². The maximum Gasteiger partial charge on any atom is 0.310 e. The Bertz CT molecular complexity index is 796. The van der Waals surface area contributed by atoms with Crippen molar-refractivity contribution < 1.29 is 27.4 Å². The van der Waals surface area contributed by atoms with Crippen LogP contribution < -0.4 is 0 Å². The average Bonchev–Trinajstić information content (AvgIpc) is 3.12. The van der Waals surface area contributed by atoms with Crippen molar-refractivity contribution >= 4 is 5.97 Å². The van der Waals surface area contributed by atoms with Gasteiger partial charge in [0.15, 0.2) is 11.6 Å². The summed E-state index contributed by atoms with van der Waals surface area (Å²) in [5.74, 6) is -4.97. The molecular formula is C19H20F3NO3. The maximum absolute atomic E-state index is 14.1. The smallest absolute Gasteiger partial charge is 0.310 e. The molecule has 0 radical (unpaired) electrons. The van der Waals surface area contributed by atoms with Gasteiger partial charge in [0.05, 0.1) is 24.2 Å². The molecule has 2 rings (SSSR count). The van der Waals surface area contributed by atoms with Crippen molar-refractivity contribution in [3.8, 4) is 6.07 Å². The Labute approximate surface area is 150 Å². The van der Waals surface area contributed by atoms with Crippen LogP contribution in [0.2, 0.25) is 0 Å². The van der Waals surface area contributed by atoms with E-state index in [1.165, 1.54) is 7.11 Å². The average molecular weight is 367 g/mol. The van der Waals surface area contributed by atoms with Gasteiger partial charge in [-0.2, -0.15) is 5.26 Å². The second kappa shape index (κ2) is 7.50. The summed E-state index contributed by atoms with van der Waals surface area (Å²) in [5.41, 5.74) is -0.835. The van der Waals surface area contributed by atoms with Gasteiger partial charge >= 0.3 is 5.97 Å². The van der Waals surface area contributed by atoms with Gasteiger partial charge in [0.1, 0.15) is 12.4 Å². The number of esters is 1. The van der Waals surface area contributed by atoms with Crippen molar-refractivity contribution in [3.05, 3.63) is 46.3 Å². The highest BCUT2D eigenvalue weighted by atomic mass is 19.2. The Morgan fingerprint density at radius 3 is 2.54 bits per heavy atom. The van der Waals surface area contributed by atoms with Crippen molar-refractivity contribution in [2.45, 2.75) is 34.0 Å². The van der Waals surface area contributed by atoms with E-state index < -0.39 is 46.9 Å². The Kier molecular flexibility index (Phi) is 5.77. The molecule has 0 amide bonds. The number of methoxy groups -OCH3 is 1. The summed E-state index contributed by atoms with van der Waals surface area (Å²) >= 11 is 0. The molecule has 1 aromatic carbocycles. The van der Waals surface area contributed by atoms with Crippen molar-refractivity contribution in [1.29, 1.82) is 5.26 Å². The molecule has 1 aromatic rings. The lowest BCUT2D eigenvalue weighted by Crippen LogP contribution is -2.13. The molecule has 140 valence electrons. The summed E-state index contributed by atoms with van der Waals surface area (Å²) in [6, 6.07) is 2.81. The number of allylic oxidation sites excluding steroid dienone is 2. The standard InChI is InChI=1S/C19H20F3NO3/c1-10(7-23)5-13-15(19(13,2)3)18(24)26-9-12-14(20)6-11(8-25-4)16(21)17(12)22/h5-6,13,15H,8-9H2,1-4H3. The molecular weight excluding hydrogens is 347 g/mol. The SMILES string of the molecule is COCc1cc(F)c(COC(=O)C2C(C=C(C)C#N)C2(C)C)c(F)c1F. The van der Waals surface area contributed by atoms with E-state index in [4.69, 9.17) is 10.00 Å². The molecule has 0 aromatic heterocycles. The first-order chi connectivity index (χ1) is 12.1. The summed E-state index contributed by atoms with van der Waals surface area (Å²) in [6.45, 7) is 4.32. The number of nitrogens with zero attached hydrogens (tertiary/aromatic N) is 1. The first-order valence-electron chi connectivity index (χ1n) is 8.04. The van der Waals surface area contributed by atoms with Gasteiger partial charge in [-0.25, -0.2) is 13.2 Å². The number of ether oxygens (including phenoxy) is 2. The van der Waals surface area contributed by atoms with Gasteiger partial charge in [0.25, 0.3) is 0 Å². The fraction of sp³-hybridized carbons (Fsp3) is 0.474. The van der Waals surface area contributed by atoms with Crippen LogP contribution in [0, 0.1) is 46.0 Å². The van der Waals surface area contributed by atoms with Crippen LogP contribution >= 0.6 is 0 Å². The largest absolute Gasteiger partial charge is 0.460 e. The summed E-state index contributed by atoms with van der Waals surface area (Å²) in [6.07, 6.45) is 1.69. The Hall–Kier alpha value is -2.33. The van der Waals surface area contributed by atoms with Gasteiger partial charge in [-0.3, -0.25) is 4.79 Å². The predicted octanol–water partition coefficient (Wildman–Crippen LogP) is 4.04. The van der Waals surface area contributed by atoms with Crippen molar-refractivity contribution in [1.82, 2.24) is 0 Å². The maximum atomic E-state index is 14.1. The lowest BCUT2D eigenvalue weighted by molar-refractivity contribution is -0.147. The van der Waals surface area contributed by atoms with E-state index >= 15 is 0 Å². The minimum absolute atomic E-state index is 0.190. The molecule has 26 heavy (non-hydrogen) atoms. The number of carbonyl (C=O) groups is 1. The quantitative estimate of drug-likeness (QED) is 0.433. The molecule has 4 nitrogen and oxygen atoms in total. The molecule has 0 saturated heterocycles. The highest BCUT2D eigenvalue weighted by molar-refractivity contribution is 5.78. The minimum atomic E-state index is -1.39. The Morgan fingerprint density at radius 1 is 1.31 bits per heavy atom. The van der Waals surface area contributed by atoms with Gasteiger partial charge in [-0.05, 0) is 24.3 Å². The molecule has 2 unspecified atom stereocenters. The molecule has 2 atom stereocenters. The molecule has 0 heterocycles. The topological polar surface area (TPSA) is 59.3 Å². The number of nitriles is 1. The van der Waals surface area contributed by atoms with Crippen LogP contribution in [0.5, 0.6) is 0 Å². The third kappa shape index (κ3) is 3.75. The van der Waals surface area contributed by atoms with E-state index in [1.807, 2.05) is 19.9 Å². The summed E-state index contributed by atoms with van der Waals surface area (Å²) < 4.78 is 51.7. The molecule has 1 fully saturated rings. The van der Waals surface area contributed by atoms with Crippen LogP contribution in [-0.4, -0.2) is 13.1 Å². The first-order valence-corrected chi connectivity index (χ1v) is 8.04. The van der Waals surface area contributed by atoms with Crippen molar-refractivity contribution in [2.75, 3.05) is 7.11 Å². The van der Waals surface area contributed by atoms with E-state index in [1.54, 1.807) is 13.0 Å². The van der Waals surface area contributed by atoms with E-state index in [9.17, 15) is 18.0 Å². The van der Waals surface area contributed by atoms with Gasteiger partial charge < -0.3 is 9.47 Å². The number of hydrogen-bond donors (Lipinski definition) is 0. The van der Waals surface area contributed by atoms with Crippen LogP contribution in [-0.2, 0) is 27.5 Å². The fourth-order valence-electron chi connectivity index (χ4n) is 3.05. The van der Waals surface area contributed by atoms with Crippen LogP contribution in [0.25, 0.3) is 0 Å². The fourth-order valence-corrected chi connectivity index (χ4v) is 3.05. The van der Waals surface area contributed by atoms with Crippen LogP contribution in [0.3, 0.4) is 0 Å². The lowest BCUT2D eigenvalue weighted by atomic mass is 10.1. The summed E-state index contributed by atoms with van der Waals surface area (Å²) in [7, 11) is 1.28. The molecule has 1 aliphatic carbocycles. The van der Waals surface area contributed by atoms with Crippen LogP contribution in [0.15, 0.2) is 17.7 Å². The Balaban J connectivity index is 2.12. The lowest BCUT2D eigenvalue weighted by Gasteiger charge is -2.11. The molecule has 0 N–H and O–H groups in total. The molecule has 1 aliphatic rings. The number of carbonyl (C=O) groups excluding carboxylic acids is 1. The van der Waals surface area contributed by atoms with Gasteiger partial charge in [-0.15, -0.1) is 0 Å². The minimum Gasteiger partial charge on any atom is -0.460 e. The monoisotopic (exact) mass is 367 g/mol. The number of rotatable bonds is 6. The van der Waals surface area contributed by atoms with Crippen molar-refractivity contribution in [3.63, 3.8) is 0 Å². The highest BCUT2D eigenvalue weighted by Crippen LogP contribution is 2.59. The van der Waals surface area contributed by atoms with E-state index in [0.29, 0.717) is 5.57 Å². The summed E-state index contributed by atoms with van der Waals surface area (Å²) in [5, 5.41) is 8.84. The Morgan fingerprint density at radius 2 is 1.96 bits per heavy atom. The first kappa shape index (κ1) is 20.0. The molecule has 0 spiro atoms. The van der Waals surface area contributed by atoms with E-state index in [2.05, 4.69) is 4.74 Å². The second-order valence-electron chi connectivity index (χ2n) is 6.95. The number of benzene rings is 1. The van der Waals surface area contributed by atoms with Gasteiger partial charge in [-0.1, -0.05) is 19.9 Å². The zero-order valence-corrected chi connectivity index (χ0v) is 15.0. The van der Waals surface area contributed by atoms with Gasteiger partial charge in [0, 0.05) is 18.2 Å². The molecule has 0 bridgehead atoms. The molecule has 1 saturated carbocycles. The number of halogens is 3. The summed E-state index contributed by atoms with van der Waals surface area (Å²) in [4.78, 5) is 12.3. The molecule has 7 heteroatoms. The van der Waals surface area contributed by atoms with Crippen LogP contribution in [0.4, 0.5) is 13.2 Å². The molecule has 0 aliphatic heterocycles. The van der Waals surface area contributed by atoms with Gasteiger partial charge in [0.2, 0.25) is 0 Å². The predicted molar refractivity (Wildman–Crippen MR) is 87.0 cm³/mol. The number of hydrogen-bond acceptors (Lipinski definition) is 4. The van der Waals surface area contributed by atoms with Crippen LogP contribution in [0.1, 0.15) is 31.9 Å².